The lowest BCUT2D eigenvalue weighted by atomic mass is 9.86. The molecule has 0 bridgehead atoms. The molecule has 0 saturated carbocycles. The first-order valence-electron chi connectivity index (χ1n) is 12.7. The number of hydrogen-bond acceptors (Lipinski definition) is 9. The number of likely N-dealkylation sites (N-methyl/N-ethyl adjacent to an activating group) is 1. The molecule has 210 valence electrons. The van der Waals surface area contributed by atoms with E-state index in [9.17, 15) is 24.9 Å². The number of carbonyl (C=O) groups excluding carboxylic acids is 1. The number of rotatable bonds is 5. The van der Waals surface area contributed by atoms with Crippen LogP contribution in [0.3, 0.4) is 0 Å². The highest BCUT2D eigenvalue weighted by Crippen LogP contribution is 2.47. The first-order chi connectivity index (χ1) is 19.0. The molecule has 5 atom stereocenters. The molecule has 1 fully saturated rings. The molecule has 0 unspecified atom stereocenters. The Bertz CT molecular complexity index is 1730. The van der Waals surface area contributed by atoms with Crippen molar-refractivity contribution in [2.75, 3.05) is 21.3 Å². The molecule has 1 aliphatic rings. The van der Waals surface area contributed by atoms with E-state index in [1.807, 2.05) is 0 Å². The molecule has 1 amide bonds. The topological polar surface area (TPSA) is 139 Å². The van der Waals surface area contributed by atoms with Gasteiger partial charge in [0, 0.05) is 30.1 Å². The zero-order valence-corrected chi connectivity index (χ0v) is 22.8. The molecular formula is C30H31NO9. The van der Waals surface area contributed by atoms with Crippen LogP contribution in [0.4, 0.5) is 0 Å². The Morgan fingerprint density at radius 1 is 1.02 bits per heavy atom. The van der Waals surface area contributed by atoms with Crippen molar-refractivity contribution in [1.82, 2.24) is 4.90 Å². The fourth-order valence-corrected chi connectivity index (χ4v) is 5.67. The average Bonchev–Trinajstić information content (AvgIpc) is 2.94. The Labute approximate surface area is 229 Å². The van der Waals surface area contributed by atoms with Crippen LogP contribution in [0.1, 0.15) is 31.1 Å². The number of ether oxygens (including phenoxy) is 3. The van der Waals surface area contributed by atoms with E-state index in [-0.39, 0.29) is 39.1 Å². The van der Waals surface area contributed by atoms with Crippen molar-refractivity contribution in [3.05, 3.63) is 58.5 Å². The van der Waals surface area contributed by atoms with Gasteiger partial charge in [0.05, 0.1) is 37.1 Å². The van der Waals surface area contributed by atoms with Crippen LogP contribution < -0.4 is 15.1 Å². The third kappa shape index (κ3) is 4.07. The SMILES string of the molecule is C=Cc1cc(OC)c2c(c1)c(=O)oc1c2cc(OC)c2c(O)ccc([C@@H]3O[C@@H](C)[C@H](O)[C@H](N(C)C(C)=O)[C@H]3O)c21. The summed E-state index contributed by atoms with van der Waals surface area (Å²) in [5, 5.41) is 35.0. The number of amides is 1. The quantitative estimate of drug-likeness (QED) is 0.252. The second kappa shape index (κ2) is 10.1. The maximum Gasteiger partial charge on any atom is 0.344 e. The van der Waals surface area contributed by atoms with Crippen molar-refractivity contribution in [3.63, 3.8) is 0 Å². The summed E-state index contributed by atoms with van der Waals surface area (Å²) in [6.07, 6.45) is -2.79. The summed E-state index contributed by atoms with van der Waals surface area (Å²) < 4.78 is 23.3. The molecule has 4 aromatic rings. The van der Waals surface area contributed by atoms with Crippen LogP contribution in [0.5, 0.6) is 17.2 Å². The minimum atomic E-state index is -1.37. The van der Waals surface area contributed by atoms with Gasteiger partial charge in [0.15, 0.2) is 0 Å². The molecule has 2 heterocycles. The number of fused-ring (bicyclic) bond motifs is 5. The number of aliphatic hydroxyl groups excluding tert-OH is 2. The fraction of sp³-hybridized carbons (Fsp3) is 0.333. The summed E-state index contributed by atoms with van der Waals surface area (Å²) in [6.45, 7) is 6.76. The van der Waals surface area contributed by atoms with E-state index in [1.165, 1.54) is 39.2 Å². The highest BCUT2D eigenvalue weighted by atomic mass is 16.5. The van der Waals surface area contributed by atoms with Crippen LogP contribution in [0, 0.1) is 0 Å². The highest BCUT2D eigenvalue weighted by molar-refractivity contribution is 6.19. The zero-order valence-electron chi connectivity index (χ0n) is 22.8. The second-order valence-electron chi connectivity index (χ2n) is 9.98. The first-order valence-corrected chi connectivity index (χ1v) is 12.7. The van der Waals surface area contributed by atoms with Gasteiger partial charge >= 0.3 is 5.63 Å². The van der Waals surface area contributed by atoms with Gasteiger partial charge in [0.1, 0.15) is 41.1 Å². The molecule has 10 nitrogen and oxygen atoms in total. The van der Waals surface area contributed by atoms with Gasteiger partial charge in [-0.3, -0.25) is 4.79 Å². The Morgan fingerprint density at radius 2 is 1.70 bits per heavy atom. The maximum atomic E-state index is 13.4. The minimum absolute atomic E-state index is 0.120. The van der Waals surface area contributed by atoms with Crippen LogP contribution >= 0.6 is 0 Å². The second-order valence-corrected chi connectivity index (χ2v) is 9.98. The van der Waals surface area contributed by atoms with Gasteiger partial charge in [0.25, 0.3) is 0 Å². The number of phenols is 1. The summed E-state index contributed by atoms with van der Waals surface area (Å²) in [5.74, 6) is 0.192. The van der Waals surface area contributed by atoms with Gasteiger partial charge in [-0.25, -0.2) is 4.79 Å². The van der Waals surface area contributed by atoms with Gasteiger partial charge in [-0.1, -0.05) is 18.7 Å². The number of benzene rings is 3. The van der Waals surface area contributed by atoms with E-state index in [4.69, 9.17) is 18.6 Å². The number of phenolic OH excluding ortho intramolecular Hbond substituents is 1. The Morgan fingerprint density at radius 3 is 2.33 bits per heavy atom. The average molecular weight is 550 g/mol. The molecule has 10 heteroatoms. The van der Waals surface area contributed by atoms with Crippen molar-refractivity contribution in [2.45, 2.75) is 44.3 Å². The van der Waals surface area contributed by atoms with Crippen molar-refractivity contribution in [1.29, 1.82) is 0 Å². The fourth-order valence-electron chi connectivity index (χ4n) is 5.67. The van der Waals surface area contributed by atoms with Crippen molar-refractivity contribution >= 4 is 44.5 Å². The summed E-state index contributed by atoms with van der Waals surface area (Å²) in [7, 11) is 4.43. The van der Waals surface area contributed by atoms with E-state index < -0.39 is 36.1 Å². The van der Waals surface area contributed by atoms with Crippen molar-refractivity contribution in [3.8, 4) is 17.2 Å². The molecule has 1 aliphatic heterocycles. The summed E-state index contributed by atoms with van der Waals surface area (Å²) in [6, 6.07) is 7.04. The van der Waals surface area contributed by atoms with E-state index >= 15 is 0 Å². The van der Waals surface area contributed by atoms with Crippen LogP contribution in [-0.2, 0) is 9.53 Å². The number of methoxy groups -OCH3 is 2. The van der Waals surface area contributed by atoms with Gasteiger partial charge in [-0.15, -0.1) is 0 Å². The largest absolute Gasteiger partial charge is 0.507 e. The third-order valence-electron chi connectivity index (χ3n) is 7.80. The summed E-state index contributed by atoms with van der Waals surface area (Å²) in [4.78, 5) is 26.9. The van der Waals surface area contributed by atoms with E-state index in [0.717, 1.165) is 0 Å². The summed E-state index contributed by atoms with van der Waals surface area (Å²) in [5.41, 5.74) is 0.506. The third-order valence-corrected chi connectivity index (χ3v) is 7.80. The Balaban J connectivity index is 1.91. The zero-order chi connectivity index (χ0) is 29.0. The van der Waals surface area contributed by atoms with E-state index in [1.54, 1.807) is 37.3 Å². The Hall–Kier alpha value is -4.12. The molecule has 3 aromatic carbocycles. The lowest BCUT2D eigenvalue weighted by molar-refractivity contribution is -0.201. The molecule has 0 aliphatic carbocycles. The maximum absolute atomic E-state index is 13.4. The molecule has 1 aromatic heterocycles. The van der Waals surface area contributed by atoms with Gasteiger partial charge in [-0.2, -0.15) is 0 Å². The number of carbonyl (C=O) groups is 1. The Kier molecular flexibility index (Phi) is 6.95. The molecule has 0 radical (unpaired) electrons. The monoisotopic (exact) mass is 549 g/mol. The molecule has 40 heavy (non-hydrogen) atoms. The standard InChI is InChI=1S/C30H31NO9/c1-7-15-10-18-22(20(11-15)37-5)17-12-21(38-6)24-19(33)9-8-16(23(24)28(17)40-30(18)36)29-27(35)25(31(4)14(3)32)26(34)13(2)39-29/h7-13,25-27,29,33-35H,1H2,2-6H3/t13-,25-,26-,27+,29-/m0/s1. The normalized spacial score (nSPS) is 22.9. The van der Waals surface area contributed by atoms with Gasteiger partial charge < -0.3 is 38.8 Å². The van der Waals surface area contributed by atoms with E-state index in [2.05, 4.69) is 6.58 Å². The number of hydrogen-bond donors (Lipinski definition) is 3. The minimum Gasteiger partial charge on any atom is -0.507 e. The molecule has 0 spiro atoms. The smallest absolute Gasteiger partial charge is 0.344 e. The lowest BCUT2D eigenvalue weighted by Crippen LogP contribution is -2.60. The van der Waals surface area contributed by atoms with Crippen LogP contribution in [-0.4, -0.2) is 71.7 Å². The van der Waals surface area contributed by atoms with Crippen molar-refractivity contribution in [2.24, 2.45) is 0 Å². The van der Waals surface area contributed by atoms with Crippen molar-refractivity contribution < 1.29 is 38.7 Å². The van der Waals surface area contributed by atoms with Crippen LogP contribution in [0.25, 0.3) is 38.6 Å². The molecule has 3 N–H and O–H groups in total. The van der Waals surface area contributed by atoms with Gasteiger partial charge in [-0.05, 0) is 42.3 Å². The molecule has 1 saturated heterocycles. The predicted octanol–water partition coefficient (Wildman–Crippen LogP) is 3.49. The summed E-state index contributed by atoms with van der Waals surface area (Å²) >= 11 is 0. The molecular weight excluding hydrogens is 518 g/mol. The van der Waals surface area contributed by atoms with Gasteiger partial charge in [0.2, 0.25) is 5.91 Å². The molecule has 5 rings (SSSR count). The predicted molar refractivity (Wildman–Crippen MR) is 150 cm³/mol. The van der Waals surface area contributed by atoms with Crippen LogP contribution in [0.2, 0.25) is 0 Å². The first kappa shape index (κ1) is 27.4. The lowest BCUT2D eigenvalue weighted by Gasteiger charge is -2.45. The number of nitrogens with zero attached hydrogens (tertiary/aromatic N) is 1. The van der Waals surface area contributed by atoms with Crippen LogP contribution in [0.15, 0.2) is 46.1 Å². The highest BCUT2D eigenvalue weighted by Gasteiger charge is 2.46. The number of aliphatic hydroxyl groups is 2. The van der Waals surface area contributed by atoms with E-state index in [0.29, 0.717) is 27.6 Å². The number of aromatic hydroxyl groups is 1.